The average molecular weight is 329 g/mol. The molecule has 0 bridgehead atoms. The SMILES string of the molecule is Nc1ncnc(NCc2cccc3ccccc23)c1Br. The van der Waals surface area contributed by atoms with Gasteiger partial charge in [-0.25, -0.2) is 9.97 Å². The quantitative estimate of drug-likeness (QED) is 0.771. The maximum atomic E-state index is 5.74. The maximum Gasteiger partial charge on any atom is 0.146 e. The third kappa shape index (κ3) is 2.44. The number of fused-ring (bicyclic) bond motifs is 1. The molecule has 3 rings (SSSR count). The molecule has 0 fully saturated rings. The Morgan fingerprint density at radius 2 is 1.85 bits per heavy atom. The van der Waals surface area contributed by atoms with Gasteiger partial charge in [-0.3, -0.25) is 0 Å². The zero-order chi connectivity index (χ0) is 13.9. The summed E-state index contributed by atoms with van der Waals surface area (Å²) < 4.78 is 0.695. The molecule has 4 nitrogen and oxygen atoms in total. The van der Waals surface area contributed by atoms with Crippen LogP contribution in [0.2, 0.25) is 0 Å². The summed E-state index contributed by atoms with van der Waals surface area (Å²) in [6, 6.07) is 14.6. The third-order valence-electron chi connectivity index (χ3n) is 3.14. The van der Waals surface area contributed by atoms with E-state index in [1.54, 1.807) is 0 Å². The van der Waals surface area contributed by atoms with E-state index in [0.717, 1.165) is 0 Å². The molecule has 0 aliphatic heterocycles. The molecule has 1 heterocycles. The molecular formula is C15H13BrN4. The zero-order valence-corrected chi connectivity index (χ0v) is 12.3. The molecule has 3 aromatic rings. The molecule has 20 heavy (non-hydrogen) atoms. The van der Waals surface area contributed by atoms with Gasteiger partial charge in [0.2, 0.25) is 0 Å². The summed E-state index contributed by atoms with van der Waals surface area (Å²) in [6.07, 6.45) is 1.45. The maximum absolute atomic E-state index is 5.74. The van der Waals surface area contributed by atoms with Crippen LogP contribution in [-0.4, -0.2) is 9.97 Å². The standard InChI is InChI=1S/C15H13BrN4/c16-13-14(17)19-9-20-15(13)18-8-11-6-3-5-10-4-1-2-7-12(10)11/h1-7,9H,8H2,(H3,17,18,19,20). The third-order valence-corrected chi connectivity index (χ3v) is 3.92. The van der Waals surface area contributed by atoms with Crippen LogP contribution < -0.4 is 11.1 Å². The number of nitrogens with two attached hydrogens (primary N) is 1. The minimum atomic E-state index is 0.431. The molecule has 0 unspecified atom stereocenters. The Morgan fingerprint density at radius 1 is 1.05 bits per heavy atom. The molecule has 0 spiro atoms. The monoisotopic (exact) mass is 328 g/mol. The summed E-state index contributed by atoms with van der Waals surface area (Å²) in [5, 5.41) is 5.75. The fraction of sp³-hybridized carbons (Fsp3) is 0.0667. The van der Waals surface area contributed by atoms with Crippen molar-refractivity contribution in [2.75, 3.05) is 11.1 Å². The molecule has 0 aliphatic rings. The van der Waals surface area contributed by atoms with E-state index < -0.39 is 0 Å². The van der Waals surface area contributed by atoms with Crippen LogP contribution in [-0.2, 0) is 6.54 Å². The summed E-state index contributed by atoms with van der Waals surface area (Å²) in [5.41, 5.74) is 6.96. The highest BCUT2D eigenvalue weighted by Crippen LogP contribution is 2.25. The number of aromatic nitrogens is 2. The van der Waals surface area contributed by atoms with Gasteiger partial charge in [-0.2, -0.15) is 0 Å². The summed E-state index contributed by atoms with van der Waals surface area (Å²) in [5.74, 6) is 1.13. The van der Waals surface area contributed by atoms with Crippen LogP contribution in [0.15, 0.2) is 53.3 Å². The first-order valence-corrected chi connectivity index (χ1v) is 7.01. The number of nitrogens with one attached hydrogen (secondary N) is 1. The van der Waals surface area contributed by atoms with Gasteiger partial charge in [0.15, 0.2) is 0 Å². The first-order valence-electron chi connectivity index (χ1n) is 6.22. The van der Waals surface area contributed by atoms with Crippen LogP contribution in [0.4, 0.5) is 11.6 Å². The van der Waals surface area contributed by atoms with E-state index in [1.807, 2.05) is 12.1 Å². The van der Waals surface area contributed by atoms with Crippen molar-refractivity contribution in [2.24, 2.45) is 0 Å². The molecule has 2 aromatic carbocycles. The van der Waals surface area contributed by atoms with Crippen LogP contribution in [0, 0.1) is 0 Å². The lowest BCUT2D eigenvalue weighted by atomic mass is 10.0. The van der Waals surface area contributed by atoms with Crippen molar-refractivity contribution in [1.29, 1.82) is 0 Å². The Labute approximate surface area is 125 Å². The van der Waals surface area contributed by atoms with Gasteiger partial charge in [0.25, 0.3) is 0 Å². The van der Waals surface area contributed by atoms with Gasteiger partial charge in [-0.05, 0) is 32.3 Å². The van der Waals surface area contributed by atoms with Crippen molar-refractivity contribution >= 4 is 38.3 Å². The van der Waals surface area contributed by atoms with E-state index in [-0.39, 0.29) is 0 Å². The number of nitrogens with zero attached hydrogens (tertiary/aromatic N) is 2. The van der Waals surface area contributed by atoms with Crippen molar-refractivity contribution in [3.63, 3.8) is 0 Å². The molecule has 0 amide bonds. The van der Waals surface area contributed by atoms with Gasteiger partial charge in [0, 0.05) is 6.54 Å². The minimum Gasteiger partial charge on any atom is -0.383 e. The Morgan fingerprint density at radius 3 is 2.75 bits per heavy atom. The second-order valence-corrected chi connectivity index (χ2v) is 5.21. The highest BCUT2D eigenvalue weighted by Gasteiger charge is 2.06. The molecule has 3 N–H and O–H groups in total. The minimum absolute atomic E-state index is 0.431. The molecular weight excluding hydrogens is 316 g/mol. The van der Waals surface area contributed by atoms with E-state index in [1.165, 1.54) is 22.7 Å². The summed E-state index contributed by atoms with van der Waals surface area (Å²) >= 11 is 3.39. The smallest absolute Gasteiger partial charge is 0.146 e. The van der Waals surface area contributed by atoms with E-state index in [4.69, 9.17) is 5.73 Å². The predicted octanol–water partition coefficient (Wildman–Crippen LogP) is 3.59. The van der Waals surface area contributed by atoms with Gasteiger partial charge in [-0.15, -0.1) is 0 Å². The summed E-state index contributed by atoms with van der Waals surface area (Å²) in [4.78, 5) is 8.11. The summed E-state index contributed by atoms with van der Waals surface area (Å²) in [6.45, 7) is 0.677. The van der Waals surface area contributed by atoms with Crippen molar-refractivity contribution < 1.29 is 0 Å². The molecule has 0 radical (unpaired) electrons. The molecule has 0 aliphatic carbocycles. The first kappa shape index (κ1) is 12.9. The number of hydrogen-bond donors (Lipinski definition) is 2. The number of benzene rings is 2. The Balaban J connectivity index is 1.89. The van der Waals surface area contributed by atoms with Gasteiger partial charge in [0.1, 0.15) is 22.4 Å². The van der Waals surface area contributed by atoms with Gasteiger partial charge in [-0.1, -0.05) is 42.5 Å². The molecule has 0 saturated carbocycles. The van der Waals surface area contributed by atoms with Gasteiger partial charge < -0.3 is 11.1 Å². The Kier molecular flexibility index (Phi) is 3.52. The van der Waals surface area contributed by atoms with E-state index >= 15 is 0 Å². The average Bonchev–Trinajstić information content (AvgIpc) is 2.49. The topological polar surface area (TPSA) is 63.8 Å². The van der Waals surface area contributed by atoms with Crippen LogP contribution in [0.3, 0.4) is 0 Å². The normalized spacial score (nSPS) is 10.7. The number of hydrogen-bond acceptors (Lipinski definition) is 4. The van der Waals surface area contributed by atoms with E-state index in [0.29, 0.717) is 22.7 Å². The molecule has 0 atom stereocenters. The molecule has 5 heteroatoms. The van der Waals surface area contributed by atoms with Crippen LogP contribution in [0.25, 0.3) is 10.8 Å². The fourth-order valence-electron chi connectivity index (χ4n) is 2.13. The van der Waals surface area contributed by atoms with Gasteiger partial charge in [0.05, 0.1) is 0 Å². The van der Waals surface area contributed by atoms with Crippen molar-refractivity contribution in [2.45, 2.75) is 6.54 Å². The molecule has 0 saturated heterocycles. The van der Waals surface area contributed by atoms with E-state index in [2.05, 4.69) is 61.5 Å². The Hall–Kier alpha value is -2.14. The summed E-state index contributed by atoms with van der Waals surface area (Å²) in [7, 11) is 0. The van der Waals surface area contributed by atoms with Crippen molar-refractivity contribution in [3.8, 4) is 0 Å². The van der Waals surface area contributed by atoms with Crippen LogP contribution in [0.1, 0.15) is 5.56 Å². The van der Waals surface area contributed by atoms with Crippen molar-refractivity contribution in [1.82, 2.24) is 9.97 Å². The second-order valence-electron chi connectivity index (χ2n) is 4.41. The largest absolute Gasteiger partial charge is 0.383 e. The lowest BCUT2D eigenvalue weighted by Gasteiger charge is -2.10. The van der Waals surface area contributed by atoms with Gasteiger partial charge >= 0.3 is 0 Å². The number of rotatable bonds is 3. The number of nitrogen functional groups attached to an aromatic ring is 1. The number of halogens is 1. The van der Waals surface area contributed by atoms with Crippen LogP contribution in [0.5, 0.6) is 0 Å². The molecule has 100 valence electrons. The first-order chi connectivity index (χ1) is 9.75. The number of anilines is 2. The Bertz CT molecular complexity index is 752. The lowest BCUT2D eigenvalue weighted by molar-refractivity contribution is 1.08. The highest BCUT2D eigenvalue weighted by atomic mass is 79.9. The lowest BCUT2D eigenvalue weighted by Crippen LogP contribution is -2.05. The van der Waals surface area contributed by atoms with E-state index in [9.17, 15) is 0 Å². The molecule has 1 aromatic heterocycles. The second kappa shape index (κ2) is 5.46. The predicted molar refractivity (Wildman–Crippen MR) is 85.4 cm³/mol. The van der Waals surface area contributed by atoms with Crippen LogP contribution >= 0.6 is 15.9 Å². The zero-order valence-electron chi connectivity index (χ0n) is 10.7. The van der Waals surface area contributed by atoms with Crippen molar-refractivity contribution in [3.05, 3.63) is 58.8 Å². The fourth-order valence-corrected chi connectivity index (χ4v) is 2.48. The highest BCUT2D eigenvalue weighted by molar-refractivity contribution is 9.10.